The molecule has 0 aliphatic rings. The minimum atomic E-state index is 0.603. The third kappa shape index (κ3) is 12.3. The van der Waals surface area contributed by atoms with E-state index in [-0.39, 0.29) is 0 Å². The van der Waals surface area contributed by atoms with Crippen molar-refractivity contribution < 1.29 is 9.47 Å². The van der Waals surface area contributed by atoms with Crippen molar-refractivity contribution in [1.29, 1.82) is 0 Å². The molecule has 0 radical (unpaired) electrons. The van der Waals surface area contributed by atoms with E-state index in [1.165, 1.54) is 0 Å². The lowest BCUT2D eigenvalue weighted by Crippen LogP contribution is -2.33. The molecule has 0 spiro atoms. The summed E-state index contributed by atoms with van der Waals surface area (Å²) in [7, 11) is 0. The Balaban J connectivity index is 3.07. The van der Waals surface area contributed by atoms with Gasteiger partial charge in [-0.1, -0.05) is 27.7 Å². The summed E-state index contributed by atoms with van der Waals surface area (Å²) in [5, 5.41) is 3.39. The van der Waals surface area contributed by atoms with Gasteiger partial charge in [-0.15, -0.1) is 0 Å². The molecule has 0 aromatic carbocycles. The first kappa shape index (κ1) is 17.8. The number of ether oxygens (including phenoxy) is 2. The Labute approximate surface area is 113 Å². The van der Waals surface area contributed by atoms with Crippen molar-refractivity contribution in [2.24, 2.45) is 5.92 Å². The Morgan fingerprint density at radius 2 is 1.61 bits per heavy atom. The number of rotatable bonds is 13. The lowest BCUT2D eigenvalue weighted by molar-refractivity contribution is 0.0387. The van der Waals surface area contributed by atoms with Gasteiger partial charge in [0.2, 0.25) is 0 Å². The Morgan fingerprint density at radius 3 is 2.22 bits per heavy atom. The average molecular weight is 260 g/mol. The van der Waals surface area contributed by atoms with Crippen LogP contribution in [0.15, 0.2) is 0 Å². The number of hydrogen-bond acceptors (Lipinski definition) is 4. The van der Waals surface area contributed by atoms with Gasteiger partial charge < -0.3 is 19.7 Å². The van der Waals surface area contributed by atoms with Crippen LogP contribution in [0.5, 0.6) is 0 Å². The van der Waals surface area contributed by atoms with Crippen molar-refractivity contribution in [3.05, 3.63) is 0 Å². The van der Waals surface area contributed by atoms with E-state index >= 15 is 0 Å². The minimum absolute atomic E-state index is 0.603. The Kier molecular flexibility index (Phi) is 13.2. The third-order valence-electron chi connectivity index (χ3n) is 2.75. The molecule has 0 atom stereocenters. The lowest BCUT2D eigenvalue weighted by atomic mass is 10.2. The first-order chi connectivity index (χ1) is 8.70. The highest BCUT2D eigenvalue weighted by Gasteiger charge is 1.97. The molecule has 0 aromatic rings. The standard InChI is InChI=1S/C14H32N2O2/c1-5-16(6-2)9-7-15-8-10-17-11-12-18-13-14(3)4/h14-15H,5-13H2,1-4H3. The molecule has 0 aromatic heterocycles. The number of nitrogens with zero attached hydrogens (tertiary/aromatic N) is 1. The summed E-state index contributed by atoms with van der Waals surface area (Å²) in [4.78, 5) is 2.41. The molecule has 0 aliphatic carbocycles. The van der Waals surface area contributed by atoms with Crippen LogP contribution >= 0.6 is 0 Å². The molecule has 0 bridgehead atoms. The summed E-state index contributed by atoms with van der Waals surface area (Å²) in [5.74, 6) is 0.603. The SMILES string of the molecule is CCN(CC)CCNCCOCCOCC(C)C. The molecule has 0 rings (SSSR count). The highest BCUT2D eigenvalue weighted by Crippen LogP contribution is 1.91. The fourth-order valence-electron chi connectivity index (χ4n) is 1.59. The van der Waals surface area contributed by atoms with Crippen molar-refractivity contribution in [1.82, 2.24) is 10.2 Å². The molecule has 1 N–H and O–H groups in total. The van der Waals surface area contributed by atoms with E-state index in [4.69, 9.17) is 9.47 Å². The van der Waals surface area contributed by atoms with Crippen LogP contribution in [0.2, 0.25) is 0 Å². The number of likely N-dealkylation sites (N-methyl/N-ethyl adjacent to an activating group) is 1. The van der Waals surface area contributed by atoms with E-state index in [1.807, 2.05) is 0 Å². The monoisotopic (exact) mass is 260 g/mol. The predicted octanol–water partition coefficient (Wildman–Crippen LogP) is 1.61. The summed E-state index contributed by atoms with van der Waals surface area (Å²) >= 11 is 0. The number of nitrogens with one attached hydrogen (secondary N) is 1. The zero-order chi connectivity index (χ0) is 13.6. The second-order valence-corrected chi connectivity index (χ2v) is 4.86. The largest absolute Gasteiger partial charge is 0.379 e. The normalized spacial score (nSPS) is 11.7. The summed E-state index contributed by atoms with van der Waals surface area (Å²) < 4.78 is 10.9. The van der Waals surface area contributed by atoms with Gasteiger partial charge in [0, 0.05) is 26.2 Å². The molecule has 0 saturated heterocycles. The summed E-state index contributed by atoms with van der Waals surface area (Å²) in [6.07, 6.45) is 0. The van der Waals surface area contributed by atoms with Gasteiger partial charge in [0.15, 0.2) is 0 Å². The van der Waals surface area contributed by atoms with Gasteiger partial charge in [-0.25, -0.2) is 0 Å². The van der Waals surface area contributed by atoms with Crippen LogP contribution in [0.25, 0.3) is 0 Å². The second kappa shape index (κ2) is 13.3. The van der Waals surface area contributed by atoms with Gasteiger partial charge in [-0.05, 0) is 19.0 Å². The van der Waals surface area contributed by atoms with Crippen molar-refractivity contribution in [2.75, 3.05) is 59.2 Å². The zero-order valence-electron chi connectivity index (χ0n) is 12.7. The Bertz CT molecular complexity index is 162. The average Bonchev–Trinajstić information content (AvgIpc) is 2.36. The third-order valence-corrected chi connectivity index (χ3v) is 2.75. The van der Waals surface area contributed by atoms with Gasteiger partial charge >= 0.3 is 0 Å². The second-order valence-electron chi connectivity index (χ2n) is 4.86. The van der Waals surface area contributed by atoms with Gasteiger partial charge in [0.1, 0.15) is 0 Å². The quantitative estimate of drug-likeness (QED) is 0.510. The maximum absolute atomic E-state index is 5.47. The smallest absolute Gasteiger partial charge is 0.0701 e. The van der Waals surface area contributed by atoms with E-state index in [0.29, 0.717) is 19.1 Å². The van der Waals surface area contributed by atoms with Crippen LogP contribution in [-0.2, 0) is 9.47 Å². The maximum atomic E-state index is 5.47. The van der Waals surface area contributed by atoms with Gasteiger partial charge in [0.05, 0.1) is 19.8 Å². The first-order valence-corrected chi connectivity index (χ1v) is 7.29. The lowest BCUT2D eigenvalue weighted by Gasteiger charge is -2.17. The number of hydrogen-bond donors (Lipinski definition) is 1. The van der Waals surface area contributed by atoms with Gasteiger partial charge in [-0.2, -0.15) is 0 Å². The van der Waals surface area contributed by atoms with Crippen LogP contribution in [-0.4, -0.2) is 64.1 Å². The first-order valence-electron chi connectivity index (χ1n) is 7.29. The van der Waals surface area contributed by atoms with Crippen LogP contribution in [0, 0.1) is 5.92 Å². The highest BCUT2D eigenvalue weighted by molar-refractivity contribution is 4.55. The van der Waals surface area contributed by atoms with Crippen LogP contribution < -0.4 is 5.32 Å². The predicted molar refractivity (Wildman–Crippen MR) is 77.1 cm³/mol. The molecule has 0 heterocycles. The summed E-state index contributed by atoms with van der Waals surface area (Å²) in [6.45, 7) is 17.0. The minimum Gasteiger partial charge on any atom is -0.379 e. The molecular weight excluding hydrogens is 228 g/mol. The van der Waals surface area contributed by atoms with Gasteiger partial charge in [0.25, 0.3) is 0 Å². The van der Waals surface area contributed by atoms with E-state index in [2.05, 4.69) is 37.9 Å². The van der Waals surface area contributed by atoms with Crippen molar-refractivity contribution in [3.8, 4) is 0 Å². The fraction of sp³-hybridized carbons (Fsp3) is 1.00. The molecular formula is C14H32N2O2. The van der Waals surface area contributed by atoms with E-state index in [1.54, 1.807) is 0 Å². The molecule has 110 valence electrons. The molecule has 0 amide bonds. The molecule has 0 aliphatic heterocycles. The van der Waals surface area contributed by atoms with Crippen LogP contribution in [0.4, 0.5) is 0 Å². The Hall–Kier alpha value is -0.160. The van der Waals surface area contributed by atoms with Crippen LogP contribution in [0.3, 0.4) is 0 Å². The molecule has 0 unspecified atom stereocenters. The van der Waals surface area contributed by atoms with Crippen molar-refractivity contribution >= 4 is 0 Å². The van der Waals surface area contributed by atoms with E-state index in [0.717, 1.165) is 45.9 Å². The summed E-state index contributed by atoms with van der Waals surface area (Å²) in [5.41, 5.74) is 0. The molecule has 18 heavy (non-hydrogen) atoms. The summed E-state index contributed by atoms with van der Waals surface area (Å²) in [6, 6.07) is 0. The van der Waals surface area contributed by atoms with Crippen molar-refractivity contribution in [2.45, 2.75) is 27.7 Å². The highest BCUT2D eigenvalue weighted by atomic mass is 16.5. The van der Waals surface area contributed by atoms with E-state index < -0.39 is 0 Å². The topological polar surface area (TPSA) is 33.7 Å². The molecule has 0 saturated carbocycles. The van der Waals surface area contributed by atoms with Crippen LogP contribution in [0.1, 0.15) is 27.7 Å². The Morgan fingerprint density at radius 1 is 0.944 bits per heavy atom. The molecule has 0 fully saturated rings. The van der Waals surface area contributed by atoms with E-state index in [9.17, 15) is 0 Å². The molecule has 4 heteroatoms. The maximum Gasteiger partial charge on any atom is 0.0701 e. The van der Waals surface area contributed by atoms with Crippen molar-refractivity contribution in [3.63, 3.8) is 0 Å². The zero-order valence-corrected chi connectivity index (χ0v) is 12.7. The van der Waals surface area contributed by atoms with Gasteiger partial charge in [-0.3, -0.25) is 0 Å². The molecule has 4 nitrogen and oxygen atoms in total. The fourth-order valence-corrected chi connectivity index (χ4v) is 1.59.